The lowest BCUT2D eigenvalue weighted by Gasteiger charge is -2.29. The van der Waals surface area contributed by atoms with Gasteiger partial charge in [-0.25, -0.2) is 9.78 Å². The van der Waals surface area contributed by atoms with Crippen LogP contribution in [0.1, 0.15) is 18.6 Å². The highest BCUT2D eigenvalue weighted by molar-refractivity contribution is 6.08. The normalized spacial score (nSPS) is 28.0. The number of imide groups is 1. The topological polar surface area (TPSA) is 134 Å². The molecule has 11 heteroatoms. The Bertz CT molecular complexity index is 1350. The van der Waals surface area contributed by atoms with E-state index in [2.05, 4.69) is 15.6 Å². The zero-order chi connectivity index (χ0) is 24.3. The molecule has 2 aromatic heterocycles. The van der Waals surface area contributed by atoms with Crippen molar-refractivity contribution >= 4 is 40.5 Å². The van der Waals surface area contributed by atoms with Crippen molar-refractivity contribution < 1.29 is 28.3 Å². The van der Waals surface area contributed by atoms with E-state index in [1.165, 1.54) is 6.20 Å². The molecule has 6 rings (SSSR count). The lowest BCUT2D eigenvalue weighted by atomic mass is 9.91. The van der Waals surface area contributed by atoms with E-state index in [0.717, 1.165) is 6.42 Å². The molecule has 0 spiro atoms. The number of nitrogens with zero attached hydrogens (tertiary/aromatic N) is 3. The highest BCUT2D eigenvalue weighted by Gasteiger charge is 2.54. The largest absolute Gasteiger partial charge is 0.497 e. The number of carbonyl (C=O) groups is 4. The molecule has 3 aliphatic heterocycles. The van der Waals surface area contributed by atoms with Gasteiger partial charge < -0.3 is 19.4 Å². The van der Waals surface area contributed by atoms with E-state index >= 15 is 0 Å². The fourth-order valence-electron chi connectivity index (χ4n) is 5.34. The van der Waals surface area contributed by atoms with Crippen LogP contribution < -0.4 is 15.5 Å². The van der Waals surface area contributed by atoms with Crippen LogP contribution in [0.2, 0.25) is 0 Å². The molecule has 35 heavy (non-hydrogen) atoms. The summed E-state index contributed by atoms with van der Waals surface area (Å²) >= 11 is 0. The van der Waals surface area contributed by atoms with E-state index in [0.29, 0.717) is 42.1 Å². The molecule has 2 unspecified atom stereocenters. The summed E-state index contributed by atoms with van der Waals surface area (Å²) in [5.41, 5.74) is -1.20. The number of aromatic nitrogens is 1. The predicted molar refractivity (Wildman–Crippen MR) is 122 cm³/mol. The maximum atomic E-state index is 13.2. The van der Waals surface area contributed by atoms with Crippen LogP contribution in [0.15, 0.2) is 46.7 Å². The van der Waals surface area contributed by atoms with Crippen LogP contribution in [-0.4, -0.2) is 60.4 Å². The Hall–Kier alpha value is -4.15. The summed E-state index contributed by atoms with van der Waals surface area (Å²) in [5, 5.41) is 5.54. The number of hydrogen-bond acceptors (Lipinski definition) is 7. The number of allylic oxidation sites excluding steroid dienone is 1. The van der Waals surface area contributed by atoms with Crippen LogP contribution in [0.4, 0.5) is 10.6 Å². The smallest absolute Gasteiger partial charge is 0.322 e. The first-order chi connectivity index (χ1) is 16.9. The summed E-state index contributed by atoms with van der Waals surface area (Å²) in [5.74, 6) is -0.0456. The number of likely N-dealkylation sites (tertiary alicyclic amines) is 1. The van der Waals surface area contributed by atoms with Crippen LogP contribution in [-0.2, 0) is 24.7 Å². The Balaban J connectivity index is 1.39. The van der Waals surface area contributed by atoms with Gasteiger partial charge in [-0.15, -0.1) is 0 Å². The number of pyridine rings is 1. The number of nitrogens with one attached hydrogen (secondary N) is 2. The summed E-state index contributed by atoms with van der Waals surface area (Å²) in [7, 11) is 1.54. The number of methoxy groups -OCH3 is 1. The summed E-state index contributed by atoms with van der Waals surface area (Å²) in [6.07, 6.45) is 8.24. The minimum absolute atomic E-state index is 0.0313. The van der Waals surface area contributed by atoms with E-state index in [-0.39, 0.29) is 30.0 Å². The van der Waals surface area contributed by atoms with Crippen LogP contribution in [0, 0.1) is 11.8 Å². The maximum Gasteiger partial charge on any atom is 0.322 e. The van der Waals surface area contributed by atoms with Gasteiger partial charge in [0.25, 0.3) is 5.91 Å². The Labute approximate surface area is 199 Å². The van der Waals surface area contributed by atoms with Gasteiger partial charge in [0.15, 0.2) is 5.54 Å². The van der Waals surface area contributed by atoms with E-state index in [1.54, 1.807) is 35.1 Å². The average Bonchev–Trinajstić information content (AvgIpc) is 3.60. The van der Waals surface area contributed by atoms with Crippen LogP contribution in [0.25, 0.3) is 11.0 Å². The third-order valence-electron chi connectivity index (χ3n) is 7.12. The molecule has 11 nitrogen and oxygen atoms in total. The first kappa shape index (κ1) is 21.4. The van der Waals surface area contributed by atoms with Crippen molar-refractivity contribution in [2.24, 2.45) is 11.8 Å². The monoisotopic (exact) mass is 477 g/mol. The third kappa shape index (κ3) is 3.22. The SMILES string of the molecule is COC1=CC2C(=O)N(C[C@@]3(c4cc5c(N6CCCC6=O)nccc5o4)NC(=O)NC3=O)CC2C=C1. The third-order valence-corrected chi connectivity index (χ3v) is 7.12. The maximum absolute atomic E-state index is 13.2. The highest BCUT2D eigenvalue weighted by Crippen LogP contribution is 2.38. The van der Waals surface area contributed by atoms with Gasteiger partial charge in [-0.2, -0.15) is 0 Å². The summed E-state index contributed by atoms with van der Waals surface area (Å²) in [4.78, 5) is 58.6. The molecule has 2 N–H and O–H groups in total. The first-order valence-electron chi connectivity index (χ1n) is 11.5. The van der Waals surface area contributed by atoms with Crippen molar-refractivity contribution in [3.05, 3.63) is 48.1 Å². The number of urea groups is 1. The van der Waals surface area contributed by atoms with Gasteiger partial charge in [-0.3, -0.25) is 24.6 Å². The molecule has 1 aliphatic carbocycles. The predicted octanol–water partition coefficient (Wildman–Crippen LogP) is 1.16. The zero-order valence-electron chi connectivity index (χ0n) is 18.9. The fraction of sp³-hybridized carbons (Fsp3) is 0.375. The number of rotatable bonds is 5. The number of amides is 5. The standard InChI is InChI=1S/C24H23N5O6/c1-34-14-5-4-13-11-28(21(31)15(13)9-14)12-24(22(32)26-23(33)27-24)18-10-16-17(35-18)6-7-25-20(16)29-8-2-3-19(29)30/h4-7,9-10,13,15H,2-3,8,11-12H2,1H3,(H2,26,27,32,33)/t13?,15?,24-/m0/s1. The van der Waals surface area contributed by atoms with Gasteiger partial charge in [0, 0.05) is 31.6 Å². The van der Waals surface area contributed by atoms with Crippen molar-refractivity contribution in [2.75, 3.05) is 31.6 Å². The Morgan fingerprint density at radius 1 is 1.29 bits per heavy atom. The molecule has 5 heterocycles. The minimum Gasteiger partial charge on any atom is -0.497 e. The molecule has 3 saturated heterocycles. The second-order valence-corrected chi connectivity index (χ2v) is 9.16. The van der Waals surface area contributed by atoms with Gasteiger partial charge in [0.2, 0.25) is 11.8 Å². The second-order valence-electron chi connectivity index (χ2n) is 9.16. The van der Waals surface area contributed by atoms with Crippen LogP contribution >= 0.6 is 0 Å². The quantitative estimate of drug-likeness (QED) is 0.617. The number of furan rings is 1. The van der Waals surface area contributed by atoms with E-state index < -0.39 is 23.4 Å². The lowest BCUT2D eigenvalue weighted by molar-refractivity contribution is -0.133. The number of ether oxygens (including phenoxy) is 1. The fourth-order valence-corrected chi connectivity index (χ4v) is 5.34. The number of fused-ring (bicyclic) bond motifs is 2. The van der Waals surface area contributed by atoms with Gasteiger partial charge in [-0.1, -0.05) is 6.08 Å². The molecular weight excluding hydrogens is 454 g/mol. The summed E-state index contributed by atoms with van der Waals surface area (Å²) in [6.45, 7) is 0.822. The molecule has 3 atom stereocenters. The molecule has 0 bridgehead atoms. The Kier molecular flexibility index (Phi) is 4.70. The van der Waals surface area contributed by atoms with Crippen molar-refractivity contribution in [3.63, 3.8) is 0 Å². The average molecular weight is 477 g/mol. The number of anilines is 1. The van der Waals surface area contributed by atoms with Crippen LogP contribution in [0.5, 0.6) is 0 Å². The van der Waals surface area contributed by atoms with Gasteiger partial charge >= 0.3 is 6.03 Å². The minimum atomic E-state index is -1.62. The van der Waals surface area contributed by atoms with Gasteiger partial charge in [0.1, 0.15) is 22.9 Å². The van der Waals surface area contributed by atoms with E-state index in [1.807, 2.05) is 12.2 Å². The van der Waals surface area contributed by atoms with Crippen molar-refractivity contribution in [1.29, 1.82) is 0 Å². The number of hydrogen-bond donors (Lipinski definition) is 2. The first-order valence-corrected chi connectivity index (χ1v) is 11.5. The molecule has 2 aromatic rings. The highest BCUT2D eigenvalue weighted by atomic mass is 16.5. The van der Waals surface area contributed by atoms with Crippen LogP contribution in [0.3, 0.4) is 0 Å². The van der Waals surface area contributed by atoms with Crippen molar-refractivity contribution in [1.82, 2.24) is 20.5 Å². The van der Waals surface area contributed by atoms with E-state index in [4.69, 9.17) is 9.15 Å². The Morgan fingerprint density at radius 2 is 2.14 bits per heavy atom. The zero-order valence-corrected chi connectivity index (χ0v) is 18.9. The van der Waals surface area contributed by atoms with Crippen molar-refractivity contribution in [3.8, 4) is 0 Å². The lowest BCUT2D eigenvalue weighted by Crippen LogP contribution is -2.53. The molecular formula is C24H23N5O6. The molecule has 0 saturated carbocycles. The van der Waals surface area contributed by atoms with Gasteiger partial charge in [0.05, 0.1) is 25.0 Å². The molecule has 180 valence electrons. The van der Waals surface area contributed by atoms with Crippen molar-refractivity contribution in [2.45, 2.75) is 18.4 Å². The van der Waals surface area contributed by atoms with E-state index in [9.17, 15) is 19.2 Å². The Morgan fingerprint density at radius 3 is 2.86 bits per heavy atom. The van der Waals surface area contributed by atoms with Gasteiger partial charge in [-0.05, 0) is 30.7 Å². The molecule has 4 aliphatic rings. The molecule has 0 radical (unpaired) electrons. The molecule has 0 aromatic carbocycles. The molecule has 3 fully saturated rings. The summed E-state index contributed by atoms with van der Waals surface area (Å²) in [6, 6.07) is 2.60. The number of carbonyl (C=O) groups excluding carboxylic acids is 4. The molecule has 5 amide bonds. The second kappa shape index (κ2) is 7.69. The summed E-state index contributed by atoms with van der Waals surface area (Å²) < 4.78 is 11.3.